The van der Waals surface area contributed by atoms with E-state index in [1.165, 1.54) is 47.4 Å². The van der Waals surface area contributed by atoms with Gasteiger partial charge in [-0.3, -0.25) is 4.90 Å². The summed E-state index contributed by atoms with van der Waals surface area (Å²) >= 11 is 0. The summed E-state index contributed by atoms with van der Waals surface area (Å²) in [6.07, 6.45) is 10.9. The molecule has 0 aromatic rings. The number of allylic oxidation sites excluding steroid dienone is 1. The molecule has 3 aliphatic heterocycles. The molecule has 1 aliphatic carbocycles. The van der Waals surface area contributed by atoms with Crippen molar-refractivity contribution in [3.63, 3.8) is 0 Å². The number of piperidine rings is 1. The molecular weight excluding hydrogens is 240 g/mol. The average molecular weight is 258 g/mol. The zero-order valence-electron chi connectivity index (χ0n) is 10.9. The van der Waals surface area contributed by atoms with Gasteiger partial charge in [0.2, 0.25) is 0 Å². The van der Waals surface area contributed by atoms with Crippen LogP contribution in [0.4, 0.5) is 4.79 Å². The number of hydrogen-bond acceptors (Lipinski definition) is 2. The Hall–Kier alpha value is -1.71. The maximum atomic E-state index is 11.1. The van der Waals surface area contributed by atoms with Gasteiger partial charge < -0.3 is 10.0 Å². The van der Waals surface area contributed by atoms with Crippen molar-refractivity contribution in [2.75, 3.05) is 6.54 Å². The topological polar surface area (TPSA) is 43.8 Å². The summed E-state index contributed by atoms with van der Waals surface area (Å²) in [5.41, 5.74) is 4.20. The smallest absolute Gasteiger partial charge is 0.415 e. The van der Waals surface area contributed by atoms with Crippen molar-refractivity contribution in [1.82, 2.24) is 9.80 Å². The van der Waals surface area contributed by atoms with E-state index in [9.17, 15) is 4.79 Å². The average Bonchev–Trinajstić information content (AvgIpc) is 2.76. The zero-order valence-corrected chi connectivity index (χ0v) is 10.9. The van der Waals surface area contributed by atoms with Crippen molar-refractivity contribution in [3.05, 3.63) is 35.3 Å². The van der Waals surface area contributed by atoms with E-state index in [1.807, 2.05) is 12.3 Å². The van der Waals surface area contributed by atoms with Crippen LogP contribution in [0.25, 0.3) is 0 Å². The summed E-state index contributed by atoms with van der Waals surface area (Å²) in [6.45, 7) is 1.12. The summed E-state index contributed by atoms with van der Waals surface area (Å²) in [5.74, 6) is 0.718. The van der Waals surface area contributed by atoms with E-state index in [4.69, 9.17) is 5.11 Å². The normalized spacial score (nSPS) is 32.1. The molecule has 2 atom stereocenters. The van der Waals surface area contributed by atoms with Crippen LogP contribution in [0, 0.1) is 5.92 Å². The van der Waals surface area contributed by atoms with Gasteiger partial charge in [-0.2, -0.15) is 0 Å². The minimum absolute atomic E-state index is 0.293. The van der Waals surface area contributed by atoms with E-state index in [1.54, 1.807) is 6.20 Å². The first-order valence-electron chi connectivity index (χ1n) is 7.17. The van der Waals surface area contributed by atoms with Gasteiger partial charge in [0.25, 0.3) is 0 Å². The second-order valence-corrected chi connectivity index (χ2v) is 5.85. The molecule has 4 heteroatoms. The predicted octanol–water partition coefficient (Wildman–Crippen LogP) is 2.91. The summed E-state index contributed by atoms with van der Waals surface area (Å²) in [6, 6.07) is 0.293. The summed E-state index contributed by atoms with van der Waals surface area (Å²) in [4.78, 5) is 14.9. The van der Waals surface area contributed by atoms with Gasteiger partial charge >= 0.3 is 6.09 Å². The van der Waals surface area contributed by atoms with Gasteiger partial charge in [-0.15, -0.1) is 0 Å². The minimum atomic E-state index is -0.898. The fourth-order valence-electron chi connectivity index (χ4n) is 4.13. The van der Waals surface area contributed by atoms with E-state index >= 15 is 0 Å². The van der Waals surface area contributed by atoms with Crippen LogP contribution in [0.3, 0.4) is 0 Å². The molecule has 0 saturated carbocycles. The van der Waals surface area contributed by atoms with Crippen LogP contribution in [-0.2, 0) is 0 Å². The number of fused-ring (bicyclic) bond motifs is 3. The third kappa shape index (κ3) is 1.49. The highest BCUT2D eigenvalue weighted by molar-refractivity contribution is 5.69. The summed E-state index contributed by atoms with van der Waals surface area (Å²) < 4.78 is 0. The van der Waals surface area contributed by atoms with Crippen LogP contribution in [0.15, 0.2) is 35.3 Å². The number of nitrogens with zero attached hydrogens (tertiary/aromatic N) is 2. The minimum Gasteiger partial charge on any atom is -0.464 e. The molecule has 0 aromatic heterocycles. The fourth-order valence-corrected chi connectivity index (χ4v) is 4.13. The van der Waals surface area contributed by atoms with E-state index in [-0.39, 0.29) is 0 Å². The molecule has 1 N–H and O–H groups in total. The third-order valence-corrected chi connectivity index (χ3v) is 4.87. The zero-order chi connectivity index (χ0) is 13.0. The Balaban J connectivity index is 1.80. The molecular formula is C15H18N2O2. The van der Waals surface area contributed by atoms with Crippen LogP contribution in [0.1, 0.15) is 32.1 Å². The van der Waals surface area contributed by atoms with Crippen LogP contribution in [0.5, 0.6) is 0 Å². The quantitative estimate of drug-likeness (QED) is 0.726. The van der Waals surface area contributed by atoms with E-state index in [0.717, 1.165) is 18.9 Å². The van der Waals surface area contributed by atoms with Gasteiger partial charge in [0.05, 0.1) is 6.04 Å². The summed E-state index contributed by atoms with van der Waals surface area (Å²) in [7, 11) is 0. The summed E-state index contributed by atoms with van der Waals surface area (Å²) in [5, 5.41) is 9.14. The molecule has 0 radical (unpaired) electrons. The highest BCUT2D eigenvalue weighted by atomic mass is 16.4. The lowest BCUT2D eigenvalue weighted by Gasteiger charge is -2.38. The van der Waals surface area contributed by atoms with Crippen molar-refractivity contribution in [2.24, 2.45) is 5.92 Å². The van der Waals surface area contributed by atoms with Gasteiger partial charge in [0.15, 0.2) is 0 Å². The number of hydrogen-bond donors (Lipinski definition) is 1. The molecule has 19 heavy (non-hydrogen) atoms. The highest BCUT2D eigenvalue weighted by Crippen LogP contribution is 2.49. The molecule has 0 aromatic carbocycles. The second-order valence-electron chi connectivity index (χ2n) is 5.85. The first-order valence-corrected chi connectivity index (χ1v) is 7.17. The van der Waals surface area contributed by atoms with E-state index in [0.29, 0.717) is 6.04 Å². The molecule has 2 unspecified atom stereocenters. The highest BCUT2D eigenvalue weighted by Gasteiger charge is 2.42. The molecule has 4 nitrogen and oxygen atoms in total. The molecule has 100 valence electrons. The SMILES string of the molecule is O=C(O)N1C=CC2C(=C1)C1=C3C(CCC1)CCCN32. The Labute approximate surface area is 112 Å². The monoisotopic (exact) mass is 258 g/mol. The van der Waals surface area contributed by atoms with Crippen LogP contribution in [-0.4, -0.2) is 33.6 Å². The van der Waals surface area contributed by atoms with E-state index < -0.39 is 6.09 Å². The van der Waals surface area contributed by atoms with Crippen LogP contribution in [0.2, 0.25) is 0 Å². The second kappa shape index (κ2) is 3.89. The maximum absolute atomic E-state index is 11.1. The molecule has 1 fully saturated rings. The number of carboxylic acid groups (broad SMARTS) is 1. The fraction of sp³-hybridized carbons (Fsp3) is 0.533. The van der Waals surface area contributed by atoms with Gasteiger partial charge in [0, 0.05) is 30.2 Å². The number of rotatable bonds is 0. The Bertz CT molecular complexity index is 532. The molecule has 4 rings (SSSR count). The first kappa shape index (κ1) is 11.1. The van der Waals surface area contributed by atoms with Crippen molar-refractivity contribution in [3.8, 4) is 0 Å². The van der Waals surface area contributed by atoms with E-state index in [2.05, 4.69) is 4.90 Å². The predicted molar refractivity (Wildman–Crippen MR) is 71.2 cm³/mol. The van der Waals surface area contributed by atoms with Crippen molar-refractivity contribution in [1.29, 1.82) is 0 Å². The Morgan fingerprint density at radius 3 is 3.00 bits per heavy atom. The standard InChI is InChI=1S/C15H18N2O2/c18-15(19)16-8-6-13-12(9-16)11-5-1-3-10-4-2-7-17(13)14(10)11/h6,8-10,13H,1-5,7H2,(H,18,19). The molecule has 0 spiro atoms. The van der Waals surface area contributed by atoms with Crippen molar-refractivity contribution >= 4 is 6.09 Å². The lowest BCUT2D eigenvalue weighted by molar-refractivity contribution is 0.173. The Kier molecular flexibility index (Phi) is 2.28. The van der Waals surface area contributed by atoms with Crippen molar-refractivity contribution in [2.45, 2.75) is 38.1 Å². The van der Waals surface area contributed by atoms with Gasteiger partial charge in [0.1, 0.15) is 0 Å². The number of carbonyl (C=O) groups is 1. The van der Waals surface area contributed by atoms with Crippen molar-refractivity contribution < 1.29 is 9.90 Å². The third-order valence-electron chi connectivity index (χ3n) is 4.87. The van der Waals surface area contributed by atoms with Gasteiger partial charge in [-0.05, 0) is 49.7 Å². The Morgan fingerprint density at radius 2 is 2.16 bits per heavy atom. The lowest BCUT2D eigenvalue weighted by Crippen LogP contribution is -2.38. The maximum Gasteiger partial charge on any atom is 0.415 e. The van der Waals surface area contributed by atoms with Crippen LogP contribution >= 0.6 is 0 Å². The molecule has 1 amide bonds. The van der Waals surface area contributed by atoms with Gasteiger partial charge in [-0.1, -0.05) is 0 Å². The first-order chi connectivity index (χ1) is 9.25. The molecule has 3 heterocycles. The number of amides is 1. The van der Waals surface area contributed by atoms with Crippen LogP contribution < -0.4 is 0 Å². The molecule has 0 bridgehead atoms. The lowest BCUT2D eigenvalue weighted by atomic mass is 9.82. The molecule has 1 saturated heterocycles. The Morgan fingerprint density at radius 1 is 1.32 bits per heavy atom. The largest absolute Gasteiger partial charge is 0.464 e. The molecule has 4 aliphatic rings. The van der Waals surface area contributed by atoms with Gasteiger partial charge in [-0.25, -0.2) is 4.79 Å².